The van der Waals surface area contributed by atoms with Crippen LogP contribution in [0.5, 0.6) is 0 Å². The van der Waals surface area contributed by atoms with E-state index < -0.39 is 0 Å². The minimum atomic E-state index is -0.300. The number of carbonyl (C=O) groups excluding carboxylic acids is 1. The van der Waals surface area contributed by atoms with Gasteiger partial charge in [-0.15, -0.1) is 0 Å². The Hall–Kier alpha value is -3.12. The van der Waals surface area contributed by atoms with Gasteiger partial charge in [-0.1, -0.05) is 41.6 Å². The van der Waals surface area contributed by atoms with Crippen molar-refractivity contribution in [2.75, 3.05) is 54.9 Å². The Morgan fingerprint density at radius 2 is 2.00 bits per heavy atom. The summed E-state index contributed by atoms with van der Waals surface area (Å²) in [5.41, 5.74) is 2.16. The molecule has 4 rings (SSSR count). The number of β-amino-alcohol motifs (C(OH)–C–C–N with tert-alkyl or cyclic N) is 1. The van der Waals surface area contributed by atoms with Crippen LogP contribution in [-0.4, -0.2) is 75.2 Å². The molecule has 1 aliphatic rings. The number of piperazine rings is 1. The summed E-state index contributed by atoms with van der Waals surface area (Å²) < 4.78 is 0. The van der Waals surface area contributed by atoms with E-state index in [2.05, 4.69) is 46.9 Å². The topological polar surface area (TPSA) is 119 Å². The van der Waals surface area contributed by atoms with E-state index in [0.29, 0.717) is 50.6 Å². The molecule has 3 heterocycles. The first-order chi connectivity index (χ1) is 16.8. The molecule has 1 aliphatic heterocycles. The van der Waals surface area contributed by atoms with Crippen molar-refractivity contribution in [3.05, 3.63) is 52.3 Å². The van der Waals surface area contributed by atoms with Gasteiger partial charge in [0.1, 0.15) is 4.88 Å². The number of aliphatic hydroxyl groups is 1. The molecule has 1 aromatic carbocycles. The van der Waals surface area contributed by atoms with Crippen LogP contribution < -0.4 is 15.5 Å². The molecule has 0 spiro atoms. The average Bonchev–Trinajstić information content (AvgIpc) is 3.30. The summed E-state index contributed by atoms with van der Waals surface area (Å²) in [7, 11) is 0. The Kier molecular flexibility index (Phi) is 7.91. The molecule has 0 unspecified atom stereocenters. The number of aliphatic hydroxyl groups excluding tert-OH is 1. The van der Waals surface area contributed by atoms with Gasteiger partial charge in [-0.3, -0.25) is 15.0 Å². The molecule has 1 saturated heterocycles. The van der Waals surface area contributed by atoms with E-state index in [1.54, 1.807) is 6.07 Å². The van der Waals surface area contributed by atoms with Crippen molar-refractivity contribution in [2.45, 2.75) is 13.8 Å². The Morgan fingerprint density at radius 3 is 2.69 bits per heavy atom. The van der Waals surface area contributed by atoms with Crippen LogP contribution in [0.25, 0.3) is 5.57 Å². The number of anilines is 4. The monoisotopic (exact) mass is 514 g/mol. The number of carbonyl (C=O) groups is 1. The number of hydrogen-bond acceptors (Lipinski definition) is 10. The Labute approximate surface area is 212 Å². The van der Waals surface area contributed by atoms with Crippen molar-refractivity contribution >= 4 is 57.1 Å². The summed E-state index contributed by atoms with van der Waals surface area (Å²) in [4.78, 5) is 35.4. The maximum absolute atomic E-state index is 12.8. The Bertz CT molecular complexity index is 1210. The quantitative estimate of drug-likeness (QED) is 0.415. The molecular formula is C23H27ClN8O2S. The predicted molar refractivity (Wildman–Crippen MR) is 140 cm³/mol. The number of amides is 1. The van der Waals surface area contributed by atoms with Crippen LogP contribution in [0.1, 0.15) is 28.0 Å². The van der Waals surface area contributed by atoms with Crippen molar-refractivity contribution in [3.8, 4) is 0 Å². The Balaban J connectivity index is 1.49. The zero-order chi connectivity index (χ0) is 24.9. The van der Waals surface area contributed by atoms with Crippen molar-refractivity contribution in [1.82, 2.24) is 24.8 Å². The molecule has 1 amide bonds. The third-order valence-corrected chi connectivity index (χ3v) is 6.71. The molecule has 0 atom stereocenters. The van der Waals surface area contributed by atoms with Crippen LogP contribution in [0.4, 0.5) is 22.7 Å². The van der Waals surface area contributed by atoms with Gasteiger partial charge in [-0.25, -0.2) is 4.98 Å². The van der Waals surface area contributed by atoms with Crippen molar-refractivity contribution in [1.29, 1.82) is 0 Å². The van der Waals surface area contributed by atoms with Crippen LogP contribution in [0, 0.1) is 6.92 Å². The number of rotatable bonds is 8. The number of hydrogen-bond donors (Lipinski definition) is 3. The summed E-state index contributed by atoms with van der Waals surface area (Å²) in [6.07, 6.45) is 1.50. The predicted octanol–water partition coefficient (Wildman–Crippen LogP) is 3.43. The maximum atomic E-state index is 12.8. The van der Waals surface area contributed by atoms with E-state index in [-0.39, 0.29) is 12.5 Å². The Morgan fingerprint density at radius 1 is 1.23 bits per heavy atom. The summed E-state index contributed by atoms with van der Waals surface area (Å²) in [5, 5.41) is 16.1. The van der Waals surface area contributed by atoms with Crippen LogP contribution in [0.2, 0.25) is 5.02 Å². The number of nitrogens with zero attached hydrogens (tertiary/aromatic N) is 6. The second kappa shape index (κ2) is 11.1. The highest BCUT2D eigenvalue weighted by Gasteiger charge is 2.21. The normalized spacial score (nSPS) is 14.1. The molecule has 3 N–H and O–H groups in total. The number of thiazole rings is 1. The number of aromatic nitrogens is 4. The minimum Gasteiger partial charge on any atom is -0.395 e. The largest absolute Gasteiger partial charge is 0.395 e. The number of nitrogens with one attached hydrogen (secondary N) is 2. The molecule has 1 fully saturated rings. The van der Waals surface area contributed by atoms with E-state index in [0.717, 1.165) is 31.7 Å². The fraction of sp³-hybridized carbons (Fsp3) is 0.348. The van der Waals surface area contributed by atoms with Gasteiger partial charge in [0.05, 0.1) is 23.5 Å². The molecule has 12 heteroatoms. The van der Waals surface area contributed by atoms with Crippen LogP contribution in [0.3, 0.4) is 0 Å². The van der Waals surface area contributed by atoms with E-state index in [4.69, 9.17) is 16.7 Å². The van der Waals surface area contributed by atoms with E-state index in [1.165, 1.54) is 17.5 Å². The first-order valence-corrected chi connectivity index (χ1v) is 12.3. The standard InChI is InChI=1S/C23H27ClN8O2S/c1-14(2)19-27-21(29-22(28-19)32-9-7-31(8-10-32)11-12-33)30-23-25-13-17(35-23)20(34)26-18-15(3)5-4-6-16(18)24/h4-6,13,33H,1,7-12H2,2-3H3,(H,26,34)(H,25,27,28,29,30). The van der Waals surface area contributed by atoms with Crippen molar-refractivity contribution < 1.29 is 9.90 Å². The molecule has 0 radical (unpaired) electrons. The van der Waals surface area contributed by atoms with Gasteiger partial charge in [-0.05, 0) is 31.1 Å². The lowest BCUT2D eigenvalue weighted by Crippen LogP contribution is -2.47. The van der Waals surface area contributed by atoms with Gasteiger partial charge < -0.3 is 15.3 Å². The lowest BCUT2D eigenvalue weighted by atomic mass is 10.2. The van der Waals surface area contributed by atoms with Gasteiger partial charge >= 0.3 is 0 Å². The number of halogens is 1. The summed E-state index contributed by atoms with van der Waals surface area (Å²) in [6.45, 7) is 11.6. The van der Waals surface area contributed by atoms with Crippen molar-refractivity contribution in [3.63, 3.8) is 0 Å². The summed E-state index contributed by atoms with van der Waals surface area (Å²) in [6, 6.07) is 5.44. The molecule has 3 aromatic rings. The van der Waals surface area contributed by atoms with Gasteiger partial charge in [0.15, 0.2) is 11.0 Å². The average molecular weight is 515 g/mol. The van der Waals surface area contributed by atoms with Crippen LogP contribution in [-0.2, 0) is 0 Å². The molecule has 0 bridgehead atoms. The molecular weight excluding hydrogens is 488 g/mol. The maximum Gasteiger partial charge on any atom is 0.267 e. The zero-order valence-electron chi connectivity index (χ0n) is 19.6. The molecule has 35 heavy (non-hydrogen) atoms. The molecule has 10 nitrogen and oxygen atoms in total. The third-order valence-electron chi connectivity index (χ3n) is 5.49. The number of benzene rings is 1. The number of allylic oxidation sites excluding steroid dienone is 1. The molecule has 0 aliphatic carbocycles. The first-order valence-electron chi connectivity index (χ1n) is 11.1. The second-order valence-corrected chi connectivity index (χ2v) is 9.59. The van der Waals surface area contributed by atoms with E-state index in [1.807, 2.05) is 26.0 Å². The third kappa shape index (κ3) is 6.12. The lowest BCUT2D eigenvalue weighted by molar-refractivity contribution is 0.103. The fourth-order valence-corrected chi connectivity index (χ4v) is 4.54. The summed E-state index contributed by atoms with van der Waals surface area (Å²) in [5.74, 6) is 1.06. The first kappa shape index (κ1) is 25.0. The van der Waals surface area contributed by atoms with Crippen LogP contribution >= 0.6 is 22.9 Å². The smallest absolute Gasteiger partial charge is 0.267 e. The lowest BCUT2D eigenvalue weighted by Gasteiger charge is -2.34. The SMILES string of the molecule is C=C(C)c1nc(Nc2ncc(C(=O)Nc3c(C)cccc3Cl)s2)nc(N2CCN(CCO)CC2)n1. The van der Waals surface area contributed by atoms with Gasteiger partial charge in [0.25, 0.3) is 5.91 Å². The zero-order valence-corrected chi connectivity index (χ0v) is 21.2. The second-order valence-electron chi connectivity index (χ2n) is 8.16. The van der Waals surface area contributed by atoms with Crippen molar-refractivity contribution in [2.24, 2.45) is 0 Å². The summed E-state index contributed by atoms with van der Waals surface area (Å²) >= 11 is 7.41. The fourth-order valence-electron chi connectivity index (χ4n) is 3.56. The highest BCUT2D eigenvalue weighted by molar-refractivity contribution is 7.17. The van der Waals surface area contributed by atoms with E-state index >= 15 is 0 Å². The number of para-hydroxylation sites is 1. The molecule has 2 aromatic heterocycles. The minimum absolute atomic E-state index is 0.144. The number of aryl methyl sites for hydroxylation is 1. The highest BCUT2D eigenvalue weighted by Crippen LogP contribution is 2.28. The van der Waals surface area contributed by atoms with Crippen LogP contribution in [0.15, 0.2) is 31.0 Å². The van der Waals surface area contributed by atoms with Gasteiger partial charge in [0.2, 0.25) is 11.9 Å². The molecule has 184 valence electrons. The van der Waals surface area contributed by atoms with Gasteiger partial charge in [-0.2, -0.15) is 15.0 Å². The highest BCUT2D eigenvalue weighted by atomic mass is 35.5. The molecule has 0 saturated carbocycles. The van der Waals surface area contributed by atoms with Gasteiger partial charge in [0, 0.05) is 32.7 Å². The van der Waals surface area contributed by atoms with E-state index in [9.17, 15) is 4.79 Å².